The Balaban J connectivity index is 2.14. The van der Waals surface area contributed by atoms with Crippen LogP contribution in [0, 0.1) is 0 Å². The zero-order chi connectivity index (χ0) is 11.4. The number of anilines is 1. The van der Waals surface area contributed by atoms with Crippen LogP contribution in [0.2, 0.25) is 0 Å². The van der Waals surface area contributed by atoms with E-state index in [9.17, 15) is 0 Å². The first-order chi connectivity index (χ1) is 7.78. The lowest BCUT2D eigenvalue weighted by molar-refractivity contribution is 0.414. The van der Waals surface area contributed by atoms with Crippen LogP contribution in [0.25, 0.3) is 0 Å². The molecule has 0 atom stereocenters. The first-order valence-electron chi connectivity index (χ1n) is 4.67. The number of hydrogen-bond donors (Lipinski definition) is 1. The van der Waals surface area contributed by atoms with E-state index >= 15 is 0 Å². The van der Waals surface area contributed by atoms with Crippen molar-refractivity contribution in [2.45, 2.75) is 9.92 Å². The highest BCUT2D eigenvalue weighted by atomic mass is 32.2. The number of ether oxygens (including phenoxy) is 1. The van der Waals surface area contributed by atoms with E-state index in [2.05, 4.69) is 9.97 Å². The summed E-state index contributed by atoms with van der Waals surface area (Å²) in [4.78, 5) is 9.04. The minimum absolute atomic E-state index is 0.478. The molecular weight excluding hydrogens is 222 g/mol. The molecule has 0 unspecified atom stereocenters. The number of aromatic nitrogens is 2. The molecular formula is C11H11N3OS. The van der Waals surface area contributed by atoms with Gasteiger partial charge in [-0.3, -0.25) is 0 Å². The maximum Gasteiger partial charge on any atom is 0.127 e. The minimum atomic E-state index is 0.478. The molecule has 0 amide bonds. The highest BCUT2D eigenvalue weighted by Gasteiger charge is 2.00. The summed E-state index contributed by atoms with van der Waals surface area (Å²) in [5.74, 6) is 1.32. The second kappa shape index (κ2) is 4.85. The Kier molecular flexibility index (Phi) is 3.26. The van der Waals surface area contributed by atoms with E-state index in [1.54, 1.807) is 13.2 Å². The minimum Gasteiger partial charge on any atom is -0.497 e. The Labute approximate surface area is 97.9 Å². The van der Waals surface area contributed by atoms with Gasteiger partial charge in [-0.25, -0.2) is 9.97 Å². The van der Waals surface area contributed by atoms with Gasteiger partial charge in [-0.1, -0.05) is 11.8 Å². The van der Waals surface area contributed by atoms with Crippen LogP contribution in [0.5, 0.6) is 5.75 Å². The van der Waals surface area contributed by atoms with Gasteiger partial charge >= 0.3 is 0 Å². The molecule has 0 saturated carbocycles. The fourth-order valence-electron chi connectivity index (χ4n) is 1.17. The topological polar surface area (TPSA) is 61.0 Å². The van der Waals surface area contributed by atoms with Crippen molar-refractivity contribution in [1.82, 2.24) is 9.97 Å². The first kappa shape index (κ1) is 10.8. The lowest BCUT2D eigenvalue weighted by Crippen LogP contribution is -1.91. The predicted molar refractivity (Wildman–Crippen MR) is 63.6 cm³/mol. The van der Waals surface area contributed by atoms with Crippen LogP contribution in [0.1, 0.15) is 0 Å². The third-order valence-electron chi connectivity index (χ3n) is 1.94. The normalized spacial score (nSPS) is 10.1. The summed E-state index contributed by atoms with van der Waals surface area (Å²) in [6.07, 6.45) is 1.46. The molecule has 0 saturated heterocycles. The van der Waals surface area contributed by atoms with Gasteiger partial charge in [-0.2, -0.15) is 0 Å². The molecule has 0 aliphatic heterocycles. The van der Waals surface area contributed by atoms with Crippen LogP contribution in [0.3, 0.4) is 0 Å². The smallest absolute Gasteiger partial charge is 0.127 e. The molecule has 0 radical (unpaired) electrons. The van der Waals surface area contributed by atoms with Gasteiger partial charge in [0.2, 0.25) is 0 Å². The molecule has 5 heteroatoms. The Morgan fingerprint density at radius 3 is 2.56 bits per heavy atom. The zero-order valence-electron chi connectivity index (χ0n) is 8.75. The summed E-state index contributed by atoms with van der Waals surface area (Å²) < 4.78 is 5.08. The molecule has 0 aliphatic carbocycles. The van der Waals surface area contributed by atoms with Crippen molar-refractivity contribution in [3.63, 3.8) is 0 Å². The van der Waals surface area contributed by atoms with Crippen LogP contribution in [-0.4, -0.2) is 17.1 Å². The summed E-state index contributed by atoms with van der Waals surface area (Å²) >= 11 is 1.53. The van der Waals surface area contributed by atoms with Gasteiger partial charge in [-0.05, 0) is 24.3 Å². The highest BCUT2D eigenvalue weighted by Crippen LogP contribution is 2.27. The Morgan fingerprint density at radius 1 is 1.19 bits per heavy atom. The van der Waals surface area contributed by atoms with E-state index in [0.29, 0.717) is 5.82 Å². The van der Waals surface area contributed by atoms with Gasteiger partial charge in [-0.15, -0.1) is 0 Å². The van der Waals surface area contributed by atoms with Gasteiger partial charge in [0.25, 0.3) is 0 Å². The van der Waals surface area contributed by atoms with E-state index in [1.165, 1.54) is 18.1 Å². The highest BCUT2D eigenvalue weighted by molar-refractivity contribution is 7.99. The van der Waals surface area contributed by atoms with E-state index in [0.717, 1.165) is 15.7 Å². The fourth-order valence-corrected chi connectivity index (χ4v) is 1.97. The summed E-state index contributed by atoms with van der Waals surface area (Å²) in [5.41, 5.74) is 5.57. The van der Waals surface area contributed by atoms with Crippen molar-refractivity contribution in [2.75, 3.05) is 12.8 Å². The summed E-state index contributed by atoms with van der Waals surface area (Å²) in [5, 5.41) is 0.831. The lowest BCUT2D eigenvalue weighted by atomic mass is 10.3. The second-order valence-electron chi connectivity index (χ2n) is 3.06. The maximum absolute atomic E-state index is 5.57. The fraction of sp³-hybridized carbons (Fsp3) is 0.0909. The number of nitrogen functional groups attached to an aromatic ring is 1. The standard InChI is InChI=1S/C11H11N3OS/c1-15-8-2-4-9(5-3-8)16-11-6-10(12)13-7-14-11/h2-7H,1H3,(H2,12,13,14). The molecule has 0 bridgehead atoms. The second-order valence-corrected chi connectivity index (χ2v) is 4.15. The molecule has 2 rings (SSSR count). The van der Waals surface area contributed by atoms with Crippen molar-refractivity contribution in [3.8, 4) is 5.75 Å². The van der Waals surface area contributed by atoms with Crippen molar-refractivity contribution >= 4 is 17.6 Å². The van der Waals surface area contributed by atoms with Crippen molar-refractivity contribution in [2.24, 2.45) is 0 Å². The molecule has 2 aromatic rings. The van der Waals surface area contributed by atoms with Gasteiger partial charge < -0.3 is 10.5 Å². The zero-order valence-corrected chi connectivity index (χ0v) is 9.57. The summed E-state index contributed by atoms with van der Waals surface area (Å²) in [6, 6.07) is 9.51. The third-order valence-corrected chi connectivity index (χ3v) is 2.89. The summed E-state index contributed by atoms with van der Waals surface area (Å²) in [6.45, 7) is 0. The predicted octanol–water partition coefficient (Wildman–Crippen LogP) is 2.22. The van der Waals surface area contributed by atoms with Crippen molar-refractivity contribution in [3.05, 3.63) is 36.7 Å². The molecule has 82 valence electrons. The molecule has 0 fully saturated rings. The molecule has 0 spiro atoms. The Bertz CT molecular complexity index is 473. The molecule has 2 N–H and O–H groups in total. The summed E-state index contributed by atoms with van der Waals surface area (Å²) in [7, 11) is 1.65. The van der Waals surface area contributed by atoms with Crippen LogP contribution >= 0.6 is 11.8 Å². The lowest BCUT2D eigenvalue weighted by Gasteiger charge is -2.02. The molecule has 1 aromatic carbocycles. The largest absolute Gasteiger partial charge is 0.497 e. The Morgan fingerprint density at radius 2 is 1.94 bits per heavy atom. The van der Waals surface area contributed by atoms with E-state index in [1.807, 2.05) is 24.3 Å². The van der Waals surface area contributed by atoms with Crippen LogP contribution in [0.4, 0.5) is 5.82 Å². The van der Waals surface area contributed by atoms with Gasteiger partial charge in [0.1, 0.15) is 22.9 Å². The quantitative estimate of drug-likeness (QED) is 0.824. The number of hydrogen-bond acceptors (Lipinski definition) is 5. The molecule has 4 nitrogen and oxygen atoms in total. The van der Waals surface area contributed by atoms with Gasteiger partial charge in [0.15, 0.2) is 0 Å². The molecule has 1 heterocycles. The van der Waals surface area contributed by atoms with Gasteiger partial charge in [0.05, 0.1) is 7.11 Å². The maximum atomic E-state index is 5.57. The van der Waals surface area contributed by atoms with Crippen molar-refractivity contribution < 1.29 is 4.74 Å². The van der Waals surface area contributed by atoms with E-state index in [-0.39, 0.29) is 0 Å². The number of methoxy groups -OCH3 is 1. The van der Waals surface area contributed by atoms with Crippen LogP contribution in [0.15, 0.2) is 46.6 Å². The average molecular weight is 233 g/mol. The van der Waals surface area contributed by atoms with Gasteiger partial charge in [0, 0.05) is 11.0 Å². The molecule has 0 aliphatic rings. The SMILES string of the molecule is COc1ccc(Sc2cc(N)ncn2)cc1. The first-order valence-corrected chi connectivity index (χ1v) is 5.49. The molecule has 16 heavy (non-hydrogen) atoms. The van der Waals surface area contributed by atoms with E-state index < -0.39 is 0 Å². The number of rotatable bonds is 3. The molecule has 1 aromatic heterocycles. The Hall–Kier alpha value is -1.75. The van der Waals surface area contributed by atoms with E-state index in [4.69, 9.17) is 10.5 Å². The van der Waals surface area contributed by atoms with Crippen LogP contribution < -0.4 is 10.5 Å². The van der Waals surface area contributed by atoms with Crippen molar-refractivity contribution in [1.29, 1.82) is 0 Å². The number of benzene rings is 1. The monoisotopic (exact) mass is 233 g/mol. The number of nitrogens with two attached hydrogens (primary N) is 1. The number of nitrogens with zero attached hydrogens (tertiary/aromatic N) is 2. The third kappa shape index (κ3) is 2.64. The average Bonchev–Trinajstić information content (AvgIpc) is 2.30. The van der Waals surface area contributed by atoms with Crippen LogP contribution in [-0.2, 0) is 0 Å².